The first-order chi connectivity index (χ1) is 16.2. The normalized spacial score (nSPS) is 14.2. The predicted octanol–water partition coefficient (Wildman–Crippen LogP) is 6.64. The van der Waals surface area contributed by atoms with E-state index in [-0.39, 0.29) is 17.3 Å². The van der Waals surface area contributed by atoms with Crippen LogP contribution in [-0.2, 0) is 16.1 Å². The van der Waals surface area contributed by atoms with E-state index in [4.69, 9.17) is 9.47 Å². The maximum Gasteiger partial charge on any atom is 0.363 e. The molecule has 0 unspecified atom stereocenters. The van der Waals surface area contributed by atoms with Crippen molar-refractivity contribution in [2.75, 3.05) is 0 Å². The number of aliphatic imine (C=N–C) groups is 1. The molecular weight excluding hydrogens is 777 g/mol. The van der Waals surface area contributed by atoms with Crippen LogP contribution >= 0.6 is 67.8 Å². The number of rotatable bonds is 6. The lowest BCUT2D eigenvalue weighted by atomic mass is 10.1. The molecule has 0 atom stereocenters. The summed E-state index contributed by atoms with van der Waals surface area (Å²) in [4.78, 5) is 27.5. The fourth-order valence-electron chi connectivity index (χ4n) is 3.27. The average Bonchev–Trinajstić information content (AvgIpc) is 3.14. The van der Waals surface area contributed by atoms with Gasteiger partial charge in [-0.15, -0.1) is 0 Å². The van der Waals surface area contributed by atoms with Crippen LogP contribution in [0.1, 0.15) is 22.3 Å². The average molecular weight is 792 g/mol. The fraction of sp³-hybridized carbons (Fsp3) is 0.0833. The number of carbonyl (C=O) groups excluding carboxylic acids is 1. The maximum atomic E-state index is 12.4. The van der Waals surface area contributed by atoms with E-state index >= 15 is 0 Å². The van der Waals surface area contributed by atoms with Gasteiger partial charge in [0.15, 0.2) is 5.70 Å². The van der Waals surface area contributed by atoms with Gasteiger partial charge in [-0.05, 0) is 122 Å². The number of cyclic esters (lactones) is 1. The Morgan fingerprint density at radius 2 is 1.76 bits per heavy atom. The summed E-state index contributed by atoms with van der Waals surface area (Å²) in [7, 11) is 0. The van der Waals surface area contributed by atoms with Crippen molar-refractivity contribution >= 4 is 91.4 Å². The summed E-state index contributed by atoms with van der Waals surface area (Å²) in [6.45, 7) is 2.05. The molecule has 0 saturated heterocycles. The van der Waals surface area contributed by atoms with Gasteiger partial charge in [0.25, 0.3) is 5.69 Å². The number of hydrogen-bond acceptors (Lipinski definition) is 6. The minimum Gasteiger partial charge on any atom is -0.487 e. The van der Waals surface area contributed by atoms with Gasteiger partial charge in [0, 0.05) is 20.8 Å². The van der Waals surface area contributed by atoms with E-state index in [2.05, 4.69) is 72.8 Å². The zero-order valence-electron chi connectivity index (χ0n) is 17.6. The molecule has 0 bridgehead atoms. The Bertz CT molecular complexity index is 1340. The summed E-state index contributed by atoms with van der Waals surface area (Å²) >= 11 is 6.67. The van der Waals surface area contributed by atoms with Gasteiger partial charge in [-0.25, -0.2) is 9.79 Å². The number of halogens is 3. The Morgan fingerprint density at radius 1 is 1.09 bits per heavy atom. The van der Waals surface area contributed by atoms with E-state index in [1.165, 1.54) is 15.7 Å². The highest BCUT2D eigenvalue weighted by Gasteiger charge is 2.27. The number of hydrogen-bond donors (Lipinski definition) is 0. The largest absolute Gasteiger partial charge is 0.487 e. The first kappa shape index (κ1) is 25.0. The van der Waals surface area contributed by atoms with Crippen LogP contribution in [-0.4, -0.2) is 16.8 Å². The van der Waals surface area contributed by atoms with E-state index < -0.39 is 10.9 Å². The molecule has 3 aromatic carbocycles. The summed E-state index contributed by atoms with van der Waals surface area (Å²) in [6, 6.07) is 16.5. The molecule has 10 heteroatoms. The first-order valence-corrected chi connectivity index (χ1v) is 13.1. The number of ether oxygens (including phenoxy) is 2. The number of nitrogens with zero attached hydrogens (tertiary/aromatic N) is 2. The Morgan fingerprint density at radius 3 is 2.41 bits per heavy atom. The van der Waals surface area contributed by atoms with Gasteiger partial charge in [0.05, 0.1) is 12.1 Å². The van der Waals surface area contributed by atoms with Gasteiger partial charge >= 0.3 is 5.97 Å². The molecule has 0 amide bonds. The fourth-order valence-corrected chi connectivity index (χ4v) is 5.76. The highest BCUT2D eigenvalue weighted by molar-refractivity contribution is 14.1. The molecule has 0 fully saturated rings. The molecule has 0 spiro atoms. The molecule has 0 saturated carbocycles. The Kier molecular flexibility index (Phi) is 7.87. The molecule has 4 rings (SSSR count). The molecule has 1 aliphatic rings. The van der Waals surface area contributed by atoms with E-state index in [1.54, 1.807) is 19.1 Å². The highest BCUT2D eigenvalue weighted by Crippen LogP contribution is 2.32. The van der Waals surface area contributed by atoms with Gasteiger partial charge in [0.1, 0.15) is 12.4 Å². The van der Waals surface area contributed by atoms with Crippen LogP contribution in [0.3, 0.4) is 0 Å². The van der Waals surface area contributed by atoms with Gasteiger partial charge in [-0.3, -0.25) is 10.1 Å². The van der Waals surface area contributed by atoms with Crippen molar-refractivity contribution in [3.05, 3.63) is 103 Å². The van der Waals surface area contributed by atoms with Crippen molar-refractivity contribution in [3.8, 4) is 5.75 Å². The summed E-state index contributed by atoms with van der Waals surface area (Å²) < 4.78 is 14.3. The highest BCUT2D eigenvalue weighted by atomic mass is 127. The van der Waals surface area contributed by atoms with Crippen molar-refractivity contribution in [3.63, 3.8) is 0 Å². The first-order valence-electron chi connectivity index (χ1n) is 9.86. The molecule has 34 heavy (non-hydrogen) atoms. The Labute approximate surface area is 236 Å². The second-order valence-electron chi connectivity index (χ2n) is 7.27. The number of nitro groups is 1. The second kappa shape index (κ2) is 10.7. The van der Waals surface area contributed by atoms with Crippen LogP contribution in [0.2, 0.25) is 0 Å². The monoisotopic (exact) mass is 792 g/mol. The number of carbonyl (C=O) groups is 1. The SMILES string of the molecule is Cc1c(C2=N/C(=C\c3cc(I)c(OCc4ccc(I)cc4)c(I)c3)C(=O)O2)cccc1[N+](=O)[O-]. The molecule has 172 valence electrons. The van der Waals surface area contributed by atoms with Crippen LogP contribution in [0, 0.1) is 27.7 Å². The minimum absolute atomic E-state index is 0.0549. The molecule has 1 heterocycles. The Hall–Kier alpha value is -2.07. The second-order valence-corrected chi connectivity index (χ2v) is 10.8. The molecular formula is C24H15I3N2O5. The molecule has 0 radical (unpaired) electrons. The summed E-state index contributed by atoms with van der Waals surface area (Å²) in [5.74, 6) is 0.219. The van der Waals surface area contributed by atoms with E-state index in [1.807, 2.05) is 36.4 Å². The van der Waals surface area contributed by atoms with Crippen molar-refractivity contribution in [1.82, 2.24) is 0 Å². The van der Waals surface area contributed by atoms with Gasteiger partial charge in [0.2, 0.25) is 5.90 Å². The van der Waals surface area contributed by atoms with E-state index in [0.29, 0.717) is 17.7 Å². The molecule has 7 nitrogen and oxygen atoms in total. The van der Waals surface area contributed by atoms with E-state index in [9.17, 15) is 14.9 Å². The molecule has 0 N–H and O–H groups in total. The summed E-state index contributed by atoms with van der Waals surface area (Å²) in [6.07, 6.45) is 1.63. The number of nitro benzene ring substituents is 1. The lowest BCUT2D eigenvalue weighted by Gasteiger charge is -2.11. The van der Waals surface area contributed by atoms with Crippen molar-refractivity contribution in [2.45, 2.75) is 13.5 Å². The van der Waals surface area contributed by atoms with Crippen molar-refractivity contribution < 1.29 is 19.2 Å². The lowest BCUT2D eigenvalue weighted by Crippen LogP contribution is -2.08. The van der Waals surface area contributed by atoms with E-state index in [0.717, 1.165) is 24.0 Å². The van der Waals surface area contributed by atoms with Crippen LogP contribution in [0.25, 0.3) is 6.08 Å². The zero-order chi connectivity index (χ0) is 24.4. The number of benzene rings is 3. The zero-order valence-corrected chi connectivity index (χ0v) is 24.0. The van der Waals surface area contributed by atoms with Gasteiger partial charge in [-0.2, -0.15) is 0 Å². The van der Waals surface area contributed by atoms with Crippen LogP contribution in [0.15, 0.2) is 65.3 Å². The number of esters is 1. The van der Waals surface area contributed by atoms with Crippen molar-refractivity contribution in [2.24, 2.45) is 4.99 Å². The third-order valence-electron chi connectivity index (χ3n) is 4.97. The summed E-state index contributed by atoms with van der Waals surface area (Å²) in [5, 5.41) is 11.2. The minimum atomic E-state index is -0.607. The predicted molar refractivity (Wildman–Crippen MR) is 154 cm³/mol. The van der Waals surface area contributed by atoms with Crippen LogP contribution in [0.5, 0.6) is 5.75 Å². The van der Waals surface area contributed by atoms with Crippen LogP contribution in [0.4, 0.5) is 5.69 Å². The van der Waals surface area contributed by atoms with Gasteiger partial charge in [-0.1, -0.05) is 18.2 Å². The Balaban J connectivity index is 1.58. The molecule has 1 aliphatic heterocycles. The third-order valence-corrected chi connectivity index (χ3v) is 7.29. The molecule has 0 aliphatic carbocycles. The van der Waals surface area contributed by atoms with Crippen molar-refractivity contribution in [1.29, 1.82) is 0 Å². The maximum absolute atomic E-state index is 12.4. The topological polar surface area (TPSA) is 91.0 Å². The lowest BCUT2D eigenvalue weighted by molar-refractivity contribution is -0.385. The van der Waals surface area contributed by atoms with Crippen LogP contribution < -0.4 is 4.74 Å². The standard InChI is InChI=1S/C24H15I3N2O5/c1-13-17(3-2-4-21(13)29(31)32)23-28-20(24(30)34-23)11-15-9-18(26)22(19(27)10-15)33-12-14-5-7-16(25)8-6-14/h2-11H,12H2,1H3/b20-11-. The molecule has 3 aromatic rings. The molecule has 0 aromatic heterocycles. The smallest absolute Gasteiger partial charge is 0.363 e. The quantitative estimate of drug-likeness (QED) is 0.0919. The summed E-state index contributed by atoms with van der Waals surface area (Å²) in [5.41, 5.74) is 2.71. The third kappa shape index (κ3) is 5.59. The van der Waals surface area contributed by atoms with Gasteiger partial charge < -0.3 is 9.47 Å².